The monoisotopic (exact) mass is 615 g/mol. The van der Waals surface area contributed by atoms with Crippen molar-refractivity contribution in [3.05, 3.63) is 61.8 Å². The molecule has 0 saturated carbocycles. The zero-order chi connectivity index (χ0) is 26.5. The number of hydrogen-bond acceptors (Lipinski definition) is 7. The van der Waals surface area contributed by atoms with Crippen molar-refractivity contribution in [1.29, 1.82) is 0 Å². The highest BCUT2D eigenvalue weighted by molar-refractivity contribution is 9.10. The summed E-state index contributed by atoms with van der Waals surface area (Å²) >= 11 is 17.1. The highest BCUT2D eigenvalue weighted by Crippen LogP contribution is 2.37. The summed E-state index contributed by atoms with van der Waals surface area (Å²) in [5.41, 5.74) is 4.77. The molecule has 0 radical (unpaired) electrons. The summed E-state index contributed by atoms with van der Waals surface area (Å²) in [6, 6.07) is 9.10. The molecule has 36 heavy (non-hydrogen) atoms. The molecule has 0 spiro atoms. The molecule has 3 aromatic rings. The minimum Gasteiger partial charge on any atom is -0.493 e. The molecule has 3 rings (SSSR count). The maximum Gasteiger partial charge on any atom is 0.230 e. The van der Waals surface area contributed by atoms with E-state index >= 15 is 0 Å². The molecule has 0 bridgehead atoms. The van der Waals surface area contributed by atoms with Gasteiger partial charge in [0.15, 0.2) is 11.5 Å². The number of carbonyl (C=O) groups excluding carboxylic acids is 1. The van der Waals surface area contributed by atoms with Gasteiger partial charge in [0.05, 0.1) is 23.9 Å². The summed E-state index contributed by atoms with van der Waals surface area (Å²) in [4.78, 5) is 12.2. The molecule has 2 aromatic carbocycles. The van der Waals surface area contributed by atoms with Crippen molar-refractivity contribution in [1.82, 2.24) is 20.2 Å². The molecule has 0 aliphatic carbocycles. The summed E-state index contributed by atoms with van der Waals surface area (Å²) in [7, 11) is 1.59. The molecule has 2 N–H and O–H groups in total. The fourth-order valence-electron chi connectivity index (χ4n) is 3.18. The molecule has 8 nitrogen and oxygen atoms in total. The van der Waals surface area contributed by atoms with Gasteiger partial charge in [-0.1, -0.05) is 41.0 Å². The lowest BCUT2D eigenvalue weighted by molar-refractivity contribution is -0.119. The molecular weight excluding hydrogens is 589 g/mol. The molecule has 0 saturated heterocycles. The summed E-state index contributed by atoms with van der Waals surface area (Å²) in [5, 5.41) is 13.0. The fourth-order valence-corrected chi connectivity index (χ4v) is 5.00. The van der Waals surface area contributed by atoms with E-state index in [-0.39, 0.29) is 23.8 Å². The minimum absolute atomic E-state index is 0.0659. The number of nitrogens with zero attached hydrogens (tertiary/aromatic N) is 3. The summed E-state index contributed by atoms with van der Waals surface area (Å²) in [6.45, 7) is 8.39. The Morgan fingerprint density at radius 1 is 1.19 bits per heavy atom. The van der Waals surface area contributed by atoms with Crippen molar-refractivity contribution in [2.45, 2.75) is 51.5 Å². The van der Waals surface area contributed by atoms with Gasteiger partial charge in [-0.2, -0.15) is 0 Å². The lowest BCUT2D eigenvalue weighted by atomic mass is 10.1. The smallest absolute Gasteiger partial charge is 0.230 e. The number of thioether (sulfide) groups is 1. The van der Waals surface area contributed by atoms with Crippen LogP contribution in [-0.4, -0.2) is 39.2 Å². The number of aryl methyl sites for hydroxylation is 1. The van der Waals surface area contributed by atoms with E-state index in [1.165, 1.54) is 11.8 Å². The van der Waals surface area contributed by atoms with Crippen LogP contribution < -0.4 is 20.2 Å². The van der Waals surface area contributed by atoms with Crippen LogP contribution in [0.3, 0.4) is 0 Å². The Bertz CT molecular complexity index is 1230. The van der Waals surface area contributed by atoms with Gasteiger partial charge in [-0.25, -0.2) is 4.68 Å². The van der Waals surface area contributed by atoms with E-state index in [0.717, 1.165) is 15.6 Å². The Kier molecular flexibility index (Phi) is 9.79. The van der Waals surface area contributed by atoms with E-state index in [4.69, 9.17) is 32.7 Å². The van der Waals surface area contributed by atoms with Gasteiger partial charge < -0.3 is 20.2 Å². The van der Waals surface area contributed by atoms with Crippen molar-refractivity contribution in [3.63, 3.8) is 0 Å². The Morgan fingerprint density at radius 2 is 1.94 bits per heavy atom. The standard InChI is InChI=1S/C24H28BrCl2N5O3S/c1-14-30-31-23(36-13-21(33)29-24(2,3)4)32(14)28-11-15-8-18(25)22(20(9-15)34-5)35-12-16-6-7-17(26)10-19(16)27/h6-10,28H,11-13H2,1-5H3,(H,29,33). The second kappa shape index (κ2) is 12.4. The van der Waals surface area contributed by atoms with Crippen LogP contribution in [0.15, 0.2) is 40.0 Å². The molecule has 0 fully saturated rings. The molecule has 1 amide bonds. The summed E-state index contributed by atoms with van der Waals surface area (Å²) in [5.74, 6) is 1.98. The largest absolute Gasteiger partial charge is 0.493 e. The number of halogens is 3. The van der Waals surface area contributed by atoms with Crippen molar-refractivity contribution in [2.75, 3.05) is 18.3 Å². The molecule has 0 aliphatic rings. The maximum atomic E-state index is 12.2. The molecule has 194 valence electrons. The van der Waals surface area contributed by atoms with Crippen LogP contribution in [0.5, 0.6) is 11.5 Å². The number of rotatable bonds is 10. The van der Waals surface area contributed by atoms with Crippen LogP contribution in [-0.2, 0) is 17.9 Å². The molecule has 0 unspecified atom stereocenters. The first-order valence-corrected chi connectivity index (χ1v) is 13.5. The van der Waals surface area contributed by atoms with Gasteiger partial charge in [-0.15, -0.1) is 10.2 Å². The second-order valence-electron chi connectivity index (χ2n) is 8.92. The van der Waals surface area contributed by atoms with E-state index < -0.39 is 0 Å². The highest BCUT2D eigenvalue weighted by Gasteiger charge is 2.17. The zero-order valence-electron chi connectivity index (χ0n) is 20.6. The number of nitrogens with one attached hydrogen (secondary N) is 2. The number of ether oxygens (including phenoxy) is 2. The van der Waals surface area contributed by atoms with Crippen molar-refractivity contribution >= 4 is 56.8 Å². The third-order valence-electron chi connectivity index (χ3n) is 4.76. The SMILES string of the molecule is COc1cc(CNn2c(C)nnc2SCC(=O)NC(C)(C)C)cc(Br)c1OCc1ccc(Cl)cc1Cl. The van der Waals surface area contributed by atoms with Crippen LogP contribution in [0.1, 0.15) is 37.7 Å². The van der Waals surface area contributed by atoms with Crippen molar-refractivity contribution in [2.24, 2.45) is 0 Å². The van der Waals surface area contributed by atoms with Crippen molar-refractivity contribution < 1.29 is 14.3 Å². The number of amides is 1. The number of methoxy groups -OCH3 is 1. The van der Waals surface area contributed by atoms with Gasteiger partial charge in [0.25, 0.3) is 0 Å². The lowest BCUT2D eigenvalue weighted by Crippen LogP contribution is -2.41. The van der Waals surface area contributed by atoms with Crippen LogP contribution >= 0.6 is 50.9 Å². The second-order valence-corrected chi connectivity index (χ2v) is 11.6. The molecule has 0 aliphatic heterocycles. The average molecular weight is 617 g/mol. The number of hydrogen-bond donors (Lipinski definition) is 2. The summed E-state index contributed by atoms with van der Waals surface area (Å²) in [6.07, 6.45) is 0. The van der Waals surface area contributed by atoms with Crippen LogP contribution in [0.25, 0.3) is 0 Å². The zero-order valence-corrected chi connectivity index (χ0v) is 24.5. The first kappa shape index (κ1) is 28.4. The third-order valence-corrected chi connectivity index (χ3v) is 6.86. The topological polar surface area (TPSA) is 90.3 Å². The maximum absolute atomic E-state index is 12.2. The molecule has 1 aromatic heterocycles. The Morgan fingerprint density at radius 3 is 2.61 bits per heavy atom. The first-order valence-electron chi connectivity index (χ1n) is 11.0. The lowest BCUT2D eigenvalue weighted by Gasteiger charge is -2.20. The Hall–Kier alpha value is -2.14. The van der Waals surface area contributed by atoms with Gasteiger partial charge >= 0.3 is 0 Å². The van der Waals surface area contributed by atoms with E-state index in [9.17, 15) is 4.79 Å². The molecule has 12 heteroatoms. The molecule has 1 heterocycles. The molecular formula is C24H28BrCl2N5O3S. The van der Waals surface area contributed by atoms with Crippen LogP contribution in [0.4, 0.5) is 0 Å². The quantitative estimate of drug-likeness (QED) is 0.270. The third kappa shape index (κ3) is 7.93. The Balaban J connectivity index is 1.67. The number of aromatic nitrogens is 3. The normalized spacial score (nSPS) is 11.3. The van der Waals surface area contributed by atoms with E-state index in [1.807, 2.05) is 45.9 Å². The van der Waals surface area contributed by atoms with E-state index in [1.54, 1.807) is 23.9 Å². The Labute approximate surface area is 233 Å². The summed E-state index contributed by atoms with van der Waals surface area (Å²) < 4.78 is 14.1. The van der Waals surface area contributed by atoms with Gasteiger partial charge in [0.2, 0.25) is 11.1 Å². The van der Waals surface area contributed by atoms with Crippen LogP contribution in [0, 0.1) is 6.92 Å². The van der Waals surface area contributed by atoms with Crippen LogP contribution in [0.2, 0.25) is 10.0 Å². The molecule has 0 atom stereocenters. The number of carbonyl (C=O) groups is 1. The van der Waals surface area contributed by atoms with Gasteiger partial charge in [-0.3, -0.25) is 4.79 Å². The minimum atomic E-state index is -0.289. The van der Waals surface area contributed by atoms with E-state index in [2.05, 4.69) is 36.9 Å². The predicted octanol–water partition coefficient (Wildman–Crippen LogP) is 5.99. The average Bonchev–Trinajstić information content (AvgIpc) is 3.14. The number of benzene rings is 2. The van der Waals surface area contributed by atoms with Gasteiger partial charge in [-0.05, 0) is 73.5 Å². The fraction of sp³-hybridized carbons (Fsp3) is 0.375. The van der Waals surface area contributed by atoms with Gasteiger partial charge in [0.1, 0.15) is 12.4 Å². The van der Waals surface area contributed by atoms with Crippen molar-refractivity contribution in [3.8, 4) is 11.5 Å². The first-order chi connectivity index (χ1) is 17.0. The van der Waals surface area contributed by atoms with E-state index in [0.29, 0.717) is 39.1 Å². The highest BCUT2D eigenvalue weighted by atomic mass is 79.9. The predicted molar refractivity (Wildman–Crippen MR) is 148 cm³/mol. The van der Waals surface area contributed by atoms with Gasteiger partial charge in [0, 0.05) is 21.1 Å².